The van der Waals surface area contributed by atoms with Crippen LogP contribution in [0.2, 0.25) is 0 Å². The molecular formula is C23H27BFNO3. The van der Waals surface area contributed by atoms with Crippen molar-refractivity contribution in [2.75, 3.05) is 0 Å². The molecule has 0 bridgehead atoms. The lowest BCUT2D eigenvalue weighted by molar-refractivity contribution is -0.127. The number of halogens is 1. The van der Waals surface area contributed by atoms with Gasteiger partial charge in [0.1, 0.15) is 11.6 Å². The van der Waals surface area contributed by atoms with Crippen molar-refractivity contribution >= 4 is 18.4 Å². The number of hydrogen-bond donors (Lipinski definition) is 0. The van der Waals surface area contributed by atoms with Gasteiger partial charge in [-0.25, -0.2) is 4.39 Å². The third-order valence-electron chi connectivity index (χ3n) is 6.82. The Morgan fingerprint density at radius 3 is 2.14 bits per heavy atom. The molecule has 2 aliphatic rings. The minimum atomic E-state index is -0.539. The van der Waals surface area contributed by atoms with Crippen LogP contribution in [-0.2, 0) is 25.9 Å². The zero-order valence-electron chi connectivity index (χ0n) is 17.5. The van der Waals surface area contributed by atoms with Gasteiger partial charge in [-0.1, -0.05) is 24.6 Å². The summed E-state index contributed by atoms with van der Waals surface area (Å²) in [7, 11) is -0.464. The number of aromatic nitrogens is 1. The van der Waals surface area contributed by atoms with Crippen molar-refractivity contribution in [3.63, 3.8) is 0 Å². The first kappa shape index (κ1) is 20.2. The van der Waals surface area contributed by atoms with E-state index in [1.807, 2.05) is 39.8 Å². The maximum absolute atomic E-state index is 13.1. The van der Waals surface area contributed by atoms with Crippen molar-refractivity contribution in [3.05, 3.63) is 59.7 Å². The molecule has 1 saturated heterocycles. The summed E-state index contributed by atoms with van der Waals surface area (Å²) in [5, 5.41) is 0. The molecule has 4 nitrogen and oxygen atoms in total. The van der Waals surface area contributed by atoms with Crippen LogP contribution < -0.4 is 5.46 Å². The second-order valence-corrected chi connectivity index (χ2v) is 9.23. The van der Waals surface area contributed by atoms with E-state index in [-0.39, 0.29) is 11.6 Å². The Morgan fingerprint density at radius 2 is 1.66 bits per heavy atom. The van der Waals surface area contributed by atoms with E-state index >= 15 is 0 Å². The second kappa shape index (κ2) is 7.03. The topological polar surface area (TPSA) is 48.4 Å². The molecule has 1 aromatic heterocycles. The number of carbonyl (C=O) groups excluding carboxylic acids is 1. The molecule has 1 aliphatic heterocycles. The number of carbonyl (C=O) groups is 1. The van der Waals surface area contributed by atoms with Gasteiger partial charge in [0.05, 0.1) is 22.3 Å². The van der Waals surface area contributed by atoms with E-state index in [4.69, 9.17) is 9.31 Å². The number of nitrogens with zero attached hydrogens (tertiary/aromatic N) is 1. The van der Waals surface area contributed by atoms with Crippen LogP contribution in [0.3, 0.4) is 0 Å². The number of pyridine rings is 1. The van der Waals surface area contributed by atoms with Gasteiger partial charge in [-0.05, 0) is 64.3 Å². The van der Waals surface area contributed by atoms with E-state index in [1.54, 1.807) is 18.3 Å². The zero-order chi connectivity index (χ0) is 20.9. The van der Waals surface area contributed by atoms with Gasteiger partial charge in [-0.3, -0.25) is 9.78 Å². The molecule has 0 atom stereocenters. The van der Waals surface area contributed by atoms with Gasteiger partial charge >= 0.3 is 7.12 Å². The van der Waals surface area contributed by atoms with Gasteiger partial charge in [0.15, 0.2) is 0 Å². The second-order valence-electron chi connectivity index (χ2n) is 9.23. The maximum Gasteiger partial charge on any atom is 0.496 e. The quantitative estimate of drug-likeness (QED) is 0.724. The molecule has 0 amide bonds. The van der Waals surface area contributed by atoms with E-state index < -0.39 is 23.7 Å². The van der Waals surface area contributed by atoms with E-state index in [0.717, 1.165) is 36.0 Å². The van der Waals surface area contributed by atoms with Gasteiger partial charge in [0.25, 0.3) is 0 Å². The first-order valence-electron chi connectivity index (χ1n) is 10.2. The van der Waals surface area contributed by atoms with Crippen LogP contribution in [0, 0.1) is 5.82 Å². The molecule has 2 aromatic rings. The molecule has 0 radical (unpaired) electrons. The Labute approximate surface area is 172 Å². The smallest absolute Gasteiger partial charge is 0.399 e. The average Bonchev–Trinajstić information content (AvgIpc) is 2.84. The Balaban J connectivity index is 1.52. The SMILES string of the molecule is CC1(C)OB(c2ccc(C3(C(=O)Cc4ccc(F)cc4)CCC3)nc2)OC1(C)C. The van der Waals surface area contributed by atoms with Crippen LogP contribution >= 0.6 is 0 Å². The van der Waals surface area contributed by atoms with E-state index in [0.29, 0.717) is 6.42 Å². The third kappa shape index (κ3) is 3.53. The van der Waals surface area contributed by atoms with Gasteiger partial charge in [-0.2, -0.15) is 0 Å². The predicted octanol–water partition coefficient (Wildman–Crippen LogP) is 3.75. The van der Waals surface area contributed by atoms with E-state index in [2.05, 4.69) is 4.98 Å². The van der Waals surface area contributed by atoms with Crippen LogP contribution in [0.25, 0.3) is 0 Å². The molecule has 4 rings (SSSR count). The molecule has 152 valence electrons. The molecule has 1 aliphatic carbocycles. The third-order valence-corrected chi connectivity index (χ3v) is 6.82. The summed E-state index contributed by atoms with van der Waals surface area (Å²) in [6.07, 6.45) is 4.67. The normalized spacial score (nSPS) is 21.6. The summed E-state index contributed by atoms with van der Waals surface area (Å²) in [5.41, 5.74) is 1.14. The number of benzene rings is 1. The van der Waals surface area contributed by atoms with E-state index in [9.17, 15) is 9.18 Å². The van der Waals surface area contributed by atoms with Crippen LogP contribution in [0.5, 0.6) is 0 Å². The fourth-order valence-corrected chi connectivity index (χ4v) is 3.97. The monoisotopic (exact) mass is 395 g/mol. The van der Waals surface area contributed by atoms with Gasteiger partial charge in [0.2, 0.25) is 0 Å². The first-order chi connectivity index (χ1) is 13.6. The Bertz CT molecular complexity index is 889. The molecule has 6 heteroatoms. The lowest BCUT2D eigenvalue weighted by Gasteiger charge is -2.40. The summed E-state index contributed by atoms with van der Waals surface area (Å²) in [4.78, 5) is 17.8. The number of hydrogen-bond acceptors (Lipinski definition) is 4. The maximum atomic E-state index is 13.1. The molecule has 1 saturated carbocycles. The minimum absolute atomic E-state index is 0.145. The highest BCUT2D eigenvalue weighted by Crippen LogP contribution is 2.44. The van der Waals surface area contributed by atoms with Crippen molar-refractivity contribution in [2.45, 2.75) is 70.0 Å². The van der Waals surface area contributed by atoms with Crippen molar-refractivity contribution in [3.8, 4) is 0 Å². The van der Waals surface area contributed by atoms with Crippen LogP contribution in [0.4, 0.5) is 4.39 Å². The number of ketones is 1. The highest BCUT2D eigenvalue weighted by molar-refractivity contribution is 6.62. The van der Waals surface area contributed by atoms with Crippen molar-refractivity contribution in [1.29, 1.82) is 0 Å². The van der Waals surface area contributed by atoms with Crippen LogP contribution in [0.15, 0.2) is 42.6 Å². The standard InChI is InChI=1S/C23H27BFNO3/c1-21(2)22(3,4)29-24(28-21)17-8-11-19(26-15-17)23(12-5-13-23)20(27)14-16-6-9-18(25)10-7-16/h6-11,15H,5,12-14H2,1-4H3. The molecule has 0 spiro atoms. The first-order valence-corrected chi connectivity index (χ1v) is 10.2. The van der Waals surface area contributed by atoms with Gasteiger partial charge < -0.3 is 9.31 Å². The Hall–Kier alpha value is -2.05. The summed E-state index contributed by atoms with van der Waals surface area (Å²) in [5.74, 6) is -0.147. The van der Waals surface area contributed by atoms with Crippen molar-refractivity contribution < 1.29 is 18.5 Å². The van der Waals surface area contributed by atoms with E-state index in [1.165, 1.54) is 12.1 Å². The predicted molar refractivity (Wildman–Crippen MR) is 111 cm³/mol. The van der Waals surface area contributed by atoms with Crippen molar-refractivity contribution in [2.24, 2.45) is 0 Å². The largest absolute Gasteiger partial charge is 0.496 e. The summed E-state index contributed by atoms with van der Waals surface area (Å²) in [6.45, 7) is 8.08. The number of Topliss-reactive ketones (excluding diaryl/α,β-unsaturated/α-hetero) is 1. The number of rotatable bonds is 5. The minimum Gasteiger partial charge on any atom is -0.399 e. The van der Waals surface area contributed by atoms with Gasteiger partial charge in [0, 0.05) is 18.1 Å². The van der Waals surface area contributed by atoms with Crippen LogP contribution in [0.1, 0.15) is 58.2 Å². The molecule has 0 unspecified atom stereocenters. The molecule has 2 fully saturated rings. The molecule has 2 heterocycles. The fraction of sp³-hybridized carbons (Fsp3) is 0.478. The Kier molecular flexibility index (Phi) is 4.90. The average molecular weight is 395 g/mol. The lowest BCUT2D eigenvalue weighted by Crippen LogP contribution is -2.44. The summed E-state index contributed by atoms with van der Waals surface area (Å²) in [6, 6.07) is 10.0. The van der Waals surface area contributed by atoms with Gasteiger partial charge in [-0.15, -0.1) is 0 Å². The molecule has 1 aromatic carbocycles. The highest BCUT2D eigenvalue weighted by atomic mass is 19.1. The summed E-state index contributed by atoms with van der Waals surface area (Å²) < 4.78 is 25.3. The van der Waals surface area contributed by atoms with Crippen molar-refractivity contribution in [1.82, 2.24) is 4.98 Å². The fourth-order valence-electron chi connectivity index (χ4n) is 3.97. The highest BCUT2D eigenvalue weighted by Gasteiger charge is 2.52. The zero-order valence-corrected chi connectivity index (χ0v) is 17.5. The lowest BCUT2D eigenvalue weighted by atomic mass is 9.62. The van der Waals surface area contributed by atoms with Crippen LogP contribution in [-0.4, -0.2) is 29.1 Å². The Morgan fingerprint density at radius 1 is 1.03 bits per heavy atom. The summed E-state index contributed by atoms with van der Waals surface area (Å²) >= 11 is 0. The molecular weight excluding hydrogens is 368 g/mol. The molecule has 0 N–H and O–H groups in total. The molecule has 29 heavy (non-hydrogen) atoms.